The Labute approximate surface area is 118 Å². The molecule has 6 nitrogen and oxygen atoms in total. The smallest absolute Gasteiger partial charge is 0.262 e. The lowest BCUT2D eigenvalue weighted by Crippen LogP contribution is -2.13. The molecule has 1 aromatic heterocycles. The summed E-state index contributed by atoms with van der Waals surface area (Å²) in [5.41, 5.74) is 7.42. The first-order valence-corrected chi connectivity index (χ1v) is 7.71. The normalized spacial score (nSPS) is 11.8. The predicted octanol–water partition coefficient (Wildman–Crippen LogP) is 2.16. The maximum Gasteiger partial charge on any atom is 0.262 e. The zero-order valence-electron chi connectivity index (χ0n) is 11.7. The monoisotopic (exact) mass is 294 g/mol. The van der Waals surface area contributed by atoms with Crippen molar-refractivity contribution in [1.82, 2.24) is 9.78 Å². The number of benzene rings is 1. The van der Waals surface area contributed by atoms with Crippen LogP contribution in [-0.4, -0.2) is 18.2 Å². The van der Waals surface area contributed by atoms with Gasteiger partial charge >= 0.3 is 0 Å². The lowest BCUT2D eigenvalue weighted by atomic mass is 10.2. The molecule has 0 aliphatic heterocycles. The van der Waals surface area contributed by atoms with Crippen molar-refractivity contribution in [3.05, 3.63) is 36.2 Å². The van der Waals surface area contributed by atoms with Crippen LogP contribution in [0.4, 0.5) is 11.4 Å². The van der Waals surface area contributed by atoms with E-state index in [0.717, 1.165) is 5.56 Å². The molecule has 0 aliphatic carbocycles. The van der Waals surface area contributed by atoms with E-state index in [1.54, 1.807) is 29.9 Å². The summed E-state index contributed by atoms with van der Waals surface area (Å²) in [5.74, 6) is 0. The van der Waals surface area contributed by atoms with E-state index in [-0.39, 0.29) is 10.9 Å². The highest BCUT2D eigenvalue weighted by Crippen LogP contribution is 2.20. The number of aromatic nitrogens is 2. The van der Waals surface area contributed by atoms with Gasteiger partial charge in [0.05, 0.1) is 16.8 Å². The van der Waals surface area contributed by atoms with Crippen LogP contribution >= 0.6 is 0 Å². The summed E-state index contributed by atoms with van der Waals surface area (Å²) in [6.45, 7) is 5.70. The number of rotatable bonds is 4. The van der Waals surface area contributed by atoms with E-state index < -0.39 is 10.0 Å². The van der Waals surface area contributed by atoms with E-state index in [9.17, 15) is 8.42 Å². The van der Waals surface area contributed by atoms with E-state index in [2.05, 4.69) is 9.82 Å². The maximum absolute atomic E-state index is 12.3. The van der Waals surface area contributed by atoms with E-state index in [0.29, 0.717) is 11.4 Å². The quantitative estimate of drug-likeness (QED) is 0.845. The first-order valence-electron chi connectivity index (χ1n) is 6.22. The van der Waals surface area contributed by atoms with E-state index in [4.69, 9.17) is 5.73 Å². The molecule has 0 spiro atoms. The molecule has 1 heterocycles. The highest BCUT2D eigenvalue weighted by atomic mass is 32.2. The molecule has 0 atom stereocenters. The molecule has 1 aromatic carbocycles. The van der Waals surface area contributed by atoms with Crippen molar-refractivity contribution in [1.29, 1.82) is 0 Å². The van der Waals surface area contributed by atoms with Gasteiger partial charge in [0.2, 0.25) is 0 Å². The van der Waals surface area contributed by atoms with Crippen molar-refractivity contribution >= 4 is 21.4 Å². The molecule has 20 heavy (non-hydrogen) atoms. The molecule has 2 rings (SSSR count). The van der Waals surface area contributed by atoms with Gasteiger partial charge in [0.15, 0.2) is 0 Å². The van der Waals surface area contributed by atoms with Gasteiger partial charge in [0, 0.05) is 17.9 Å². The van der Waals surface area contributed by atoms with Crippen LogP contribution in [0.5, 0.6) is 0 Å². The molecule has 0 radical (unpaired) electrons. The van der Waals surface area contributed by atoms with Crippen LogP contribution in [0, 0.1) is 6.92 Å². The van der Waals surface area contributed by atoms with Gasteiger partial charge in [-0.25, -0.2) is 8.42 Å². The SMILES string of the molecule is Cc1cc(S(=O)(=O)Nc2cnn(C(C)C)c2)ccc1N. The van der Waals surface area contributed by atoms with Crippen molar-refractivity contribution in [2.45, 2.75) is 31.7 Å². The summed E-state index contributed by atoms with van der Waals surface area (Å²) >= 11 is 0. The third-order valence-electron chi connectivity index (χ3n) is 2.93. The highest BCUT2D eigenvalue weighted by molar-refractivity contribution is 7.92. The number of nitrogen functional groups attached to an aromatic ring is 1. The third-order valence-corrected chi connectivity index (χ3v) is 4.31. The van der Waals surface area contributed by atoms with Crippen molar-refractivity contribution in [3.8, 4) is 0 Å². The van der Waals surface area contributed by atoms with Crippen LogP contribution in [0.25, 0.3) is 0 Å². The molecule has 0 fully saturated rings. The molecule has 0 aliphatic rings. The Hall–Kier alpha value is -2.02. The molecule has 0 amide bonds. The van der Waals surface area contributed by atoms with Gasteiger partial charge in [-0.3, -0.25) is 9.40 Å². The van der Waals surface area contributed by atoms with E-state index in [1.807, 2.05) is 13.8 Å². The Morgan fingerprint density at radius 2 is 2.05 bits per heavy atom. The van der Waals surface area contributed by atoms with Gasteiger partial charge < -0.3 is 5.73 Å². The van der Waals surface area contributed by atoms with Crippen molar-refractivity contribution in [3.63, 3.8) is 0 Å². The molecule has 7 heteroatoms. The minimum atomic E-state index is -3.62. The standard InChI is InChI=1S/C13H18N4O2S/c1-9(2)17-8-11(7-15-17)16-20(18,19)12-4-5-13(14)10(3)6-12/h4-9,16H,14H2,1-3H3. The summed E-state index contributed by atoms with van der Waals surface area (Å²) in [5, 5.41) is 4.09. The number of nitrogens with one attached hydrogen (secondary N) is 1. The van der Waals surface area contributed by atoms with Gasteiger partial charge in [-0.1, -0.05) is 0 Å². The molecule has 3 N–H and O–H groups in total. The minimum absolute atomic E-state index is 0.173. The second-order valence-corrected chi connectivity index (χ2v) is 6.61. The molecule has 0 bridgehead atoms. The van der Waals surface area contributed by atoms with Crippen molar-refractivity contribution in [2.75, 3.05) is 10.5 Å². The number of anilines is 2. The number of sulfonamides is 1. The summed E-state index contributed by atoms with van der Waals surface area (Å²) in [6, 6.07) is 4.79. The van der Waals surface area contributed by atoms with Gasteiger partial charge in [-0.05, 0) is 44.5 Å². The Bertz CT molecular complexity index is 720. The minimum Gasteiger partial charge on any atom is -0.399 e. The van der Waals surface area contributed by atoms with Crippen molar-refractivity contribution in [2.24, 2.45) is 0 Å². The second-order valence-electron chi connectivity index (χ2n) is 4.93. The van der Waals surface area contributed by atoms with Crippen molar-refractivity contribution < 1.29 is 8.42 Å². The van der Waals surface area contributed by atoms with Crippen LogP contribution in [0.2, 0.25) is 0 Å². The molecular formula is C13H18N4O2S. The Morgan fingerprint density at radius 3 is 2.60 bits per heavy atom. The zero-order chi connectivity index (χ0) is 14.9. The Balaban J connectivity index is 2.28. The fraction of sp³-hybridized carbons (Fsp3) is 0.308. The molecule has 2 aromatic rings. The first kappa shape index (κ1) is 14.4. The summed E-state index contributed by atoms with van der Waals surface area (Å²) in [4.78, 5) is 0.182. The van der Waals surface area contributed by atoms with Crippen LogP contribution in [0.1, 0.15) is 25.5 Å². The zero-order valence-corrected chi connectivity index (χ0v) is 12.5. The Morgan fingerprint density at radius 1 is 1.35 bits per heavy atom. The summed E-state index contributed by atoms with van der Waals surface area (Å²) in [6.07, 6.45) is 3.15. The average molecular weight is 294 g/mol. The third kappa shape index (κ3) is 2.93. The summed E-state index contributed by atoms with van der Waals surface area (Å²) in [7, 11) is -3.62. The number of hydrogen-bond acceptors (Lipinski definition) is 4. The topological polar surface area (TPSA) is 90.0 Å². The second kappa shape index (κ2) is 5.16. The molecule has 0 unspecified atom stereocenters. The van der Waals surface area contributed by atoms with Crippen LogP contribution in [0.3, 0.4) is 0 Å². The maximum atomic E-state index is 12.3. The van der Waals surface area contributed by atoms with Crippen LogP contribution < -0.4 is 10.5 Å². The number of aryl methyl sites for hydroxylation is 1. The number of nitrogens with two attached hydrogens (primary N) is 1. The molecular weight excluding hydrogens is 276 g/mol. The number of hydrogen-bond donors (Lipinski definition) is 2. The van der Waals surface area contributed by atoms with Crippen LogP contribution in [-0.2, 0) is 10.0 Å². The highest BCUT2D eigenvalue weighted by Gasteiger charge is 2.16. The van der Waals surface area contributed by atoms with Gasteiger partial charge in [-0.2, -0.15) is 5.10 Å². The van der Waals surface area contributed by atoms with Gasteiger partial charge in [0.1, 0.15) is 0 Å². The predicted molar refractivity (Wildman–Crippen MR) is 79.0 cm³/mol. The fourth-order valence-electron chi connectivity index (χ4n) is 1.70. The lowest BCUT2D eigenvalue weighted by Gasteiger charge is -2.08. The van der Waals surface area contributed by atoms with Gasteiger partial charge in [0.25, 0.3) is 10.0 Å². The Kier molecular flexibility index (Phi) is 3.71. The molecule has 108 valence electrons. The average Bonchev–Trinajstić information content (AvgIpc) is 2.80. The van der Waals surface area contributed by atoms with Gasteiger partial charge in [-0.15, -0.1) is 0 Å². The van der Waals surface area contributed by atoms with E-state index >= 15 is 0 Å². The number of nitrogens with zero attached hydrogens (tertiary/aromatic N) is 2. The lowest BCUT2D eigenvalue weighted by molar-refractivity contribution is 0.532. The molecule has 0 saturated heterocycles. The largest absolute Gasteiger partial charge is 0.399 e. The summed E-state index contributed by atoms with van der Waals surface area (Å²) < 4.78 is 28.7. The fourth-order valence-corrected chi connectivity index (χ4v) is 2.82. The molecule has 0 saturated carbocycles. The van der Waals surface area contributed by atoms with Crippen LogP contribution in [0.15, 0.2) is 35.5 Å². The van der Waals surface area contributed by atoms with E-state index in [1.165, 1.54) is 12.3 Å². The first-order chi connectivity index (χ1) is 9.29.